The number of nitrogens with zero attached hydrogens (tertiary/aromatic N) is 2. The van der Waals surface area contributed by atoms with Crippen LogP contribution in [0.3, 0.4) is 0 Å². The Hall–Kier alpha value is -2.77. The van der Waals surface area contributed by atoms with Crippen molar-refractivity contribution < 1.29 is 18.7 Å². The highest BCUT2D eigenvalue weighted by Gasteiger charge is 2.18. The number of hydrogen-bond donors (Lipinski definition) is 0. The molecule has 0 amide bonds. The van der Waals surface area contributed by atoms with Gasteiger partial charge < -0.3 is 4.74 Å². The SMILES string of the molecule is CC(=O)c1ccc(OC(=O)c2nc(SCc3ccccc3F)ncc2Cl)c(C)c1. The number of carbonyl (C=O) groups is 2. The van der Waals surface area contributed by atoms with E-state index in [1.54, 1.807) is 43.3 Å². The Morgan fingerprint density at radius 1 is 1.21 bits per heavy atom. The van der Waals surface area contributed by atoms with Crippen molar-refractivity contribution in [1.29, 1.82) is 0 Å². The molecule has 0 fully saturated rings. The highest BCUT2D eigenvalue weighted by atomic mass is 35.5. The van der Waals surface area contributed by atoms with Crippen molar-refractivity contribution in [2.24, 2.45) is 0 Å². The number of hydrogen-bond acceptors (Lipinski definition) is 6. The molecule has 3 aromatic rings. The zero-order valence-electron chi connectivity index (χ0n) is 15.6. The topological polar surface area (TPSA) is 69.2 Å². The van der Waals surface area contributed by atoms with Gasteiger partial charge in [0, 0.05) is 11.3 Å². The van der Waals surface area contributed by atoms with E-state index in [0.717, 1.165) is 0 Å². The Morgan fingerprint density at radius 2 is 1.97 bits per heavy atom. The van der Waals surface area contributed by atoms with E-state index in [9.17, 15) is 14.0 Å². The fraction of sp³-hybridized carbons (Fsp3) is 0.143. The van der Waals surface area contributed by atoms with Crippen molar-refractivity contribution in [2.75, 3.05) is 0 Å². The molecule has 0 spiro atoms. The third-order valence-corrected chi connectivity index (χ3v) is 5.20. The molecule has 0 aliphatic carbocycles. The molecule has 0 aliphatic heterocycles. The Balaban J connectivity index is 1.76. The van der Waals surface area contributed by atoms with Crippen LogP contribution in [0.1, 0.15) is 38.9 Å². The summed E-state index contributed by atoms with van der Waals surface area (Å²) >= 11 is 7.24. The average Bonchev–Trinajstić information content (AvgIpc) is 2.69. The summed E-state index contributed by atoms with van der Waals surface area (Å²) in [5, 5.41) is 0.316. The Kier molecular flexibility index (Phi) is 6.61. The first-order valence-corrected chi connectivity index (χ1v) is 9.94. The van der Waals surface area contributed by atoms with Gasteiger partial charge in [-0.3, -0.25) is 4.79 Å². The number of esters is 1. The second kappa shape index (κ2) is 9.15. The number of ether oxygens (including phenoxy) is 1. The van der Waals surface area contributed by atoms with Gasteiger partial charge in [-0.25, -0.2) is 19.2 Å². The van der Waals surface area contributed by atoms with E-state index in [-0.39, 0.29) is 27.5 Å². The first-order chi connectivity index (χ1) is 13.8. The van der Waals surface area contributed by atoms with Gasteiger partial charge in [-0.05, 0) is 49.2 Å². The van der Waals surface area contributed by atoms with Gasteiger partial charge in [0.25, 0.3) is 0 Å². The second-order valence-corrected chi connectivity index (χ2v) is 7.50. The predicted molar refractivity (Wildman–Crippen MR) is 109 cm³/mol. The molecule has 29 heavy (non-hydrogen) atoms. The molecule has 0 saturated heterocycles. The number of carbonyl (C=O) groups excluding carboxylic acids is 2. The normalized spacial score (nSPS) is 10.6. The average molecular weight is 431 g/mol. The smallest absolute Gasteiger partial charge is 0.364 e. The molecule has 0 radical (unpaired) electrons. The molecule has 8 heteroatoms. The first kappa shape index (κ1) is 21.0. The van der Waals surface area contributed by atoms with Gasteiger partial charge in [-0.1, -0.05) is 41.6 Å². The summed E-state index contributed by atoms with van der Waals surface area (Å²) in [6, 6.07) is 11.2. The Labute approximate surface area is 176 Å². The van der Waals surface area contributed by atoms with E-state index < -0.39 is 5.97 Å². The molecular weight excluding hydrogens is 415 g/mol. The van der Waals surface area contributed by atoms with E-state index in [4.69, 9.17) is 16.3 Å². The zero-order chi connectivity index (χ0) is 21.0. The summed E-state index contributed by atoms with van der Waals surface area (Å²) in [5.74, 6) is -0.549. The van der Waals surface area contributed by atoms with Crippen LogP contribution in [-0.2, 0) is 5.75 Å². The van der Waals surface area contributed by atoms with E-state index in [2.05, 4.69) is 9.97 Å². The predicted octanol–water partition coefficient (Wildman–Crippen LogP) is 5.29. The number of rotatable bonds is 6. The van der Waals surface area contributed by atoms with Crippen LogP contribution in [0, 0.1) is 12.7 Å². The molecular formula is C21H16ClFN2O3S. The molecule has 2 aromatic carbocycles. The molecule has 3 rings (SSSR count). The number of aromatic nitrogens is 2. The lowest BCUT2D eigenvalue weighted by Crippen LogP contribution is -2.13. The van der Waals surface area contributed by atoms with E-state index >= 15 is 0 Å². The first-order valence-electron chi connectivity index (χ1n) is 8.57. The molecule has 0 atom stereocenters. The highest BCUT2D eigenvalue weighted by Crippen LogP contribution is 2.25. The van der Waals surface area contributed by atoms with Crippen molar-refractivity contribution in [2.45, 2.75) is 24.8 Å². The van der Waals surface area contributed by atoms with Gasteiger partial charge in [-0.2, -0.15) is 0 Å². The number of ketones is 1. The molecule has 0 aliphatic rings. The molecule has 5 nitrogen and oxygen atoms in total. The number of thioether (sulfide) groups is 1. The maximum atomic E-state index is 13.8. The summed E-state index contributed by atoms with van der Waals surface area (Å²) in [5.41, 5.74) is 1.56. The van der Waals surface area contributed by atoms with Crippen molar-refractivity contribution >= 4 is 35.1 Å². The second-order valence-electron chi connectivity index (χ2n) is 6.16. The maximum Gasteiger partial charge on any atom is 0.364 e. The molecule has 0 bridgehead atoms. The standard InChI is InChI=1S/C21H16ClFN2O3S/c1-12-9-14(13(2)26)7-8-18(12)28-20(27)19-16(22)10-24-21(25-19)29-11-15-5-3-4-6-17(15)23/h3-10H,11H2,1-2H3. The molecule has 148 valence electrons. The van der Waals surface area contributed by atoms with Gasteiger partial charge in [0.05, 0.1) is 11.2 Å². The fourth-order valence-corrected chi connectivity index (χ4v) is 3.42. The molecule has 1 aromatic heterocycles. The van der Waals surface area contributed by atoms with Gasteiger partial charge in [0.2, 0.25) is 0 Å². The van der Waals surface area contributed by atoms with Crippen LogP contribution >= 0.6 is 23.4 Å². The largest absolute Gasteiger partial charge is 0.421 e. The summed E-state index contributed by atoms with van der Waals surface area (Å²) in [6.45, 7) is 3.19. The molecule has 1 heterocycles. The van der Waals surface area contributed by atoms with Crippen molar-refractivity contribution in [3.63, 3.8) is 0 Å². The van der Waals surface area contributed by atoms with Crippen LogP contribution in [0.25, 0.3) is 0 Å². The number of Topliss-reactive ketones (excluding diaryl/α,β-unsaturated/α-hetero) is 1. The lowest BCUT2D eigenvalue weighted by Gasteiger charge is -2.09. The van der Waals surface area contributed by atoms with E-state index in [1.807, 2.05) is 0 Å². The summed E-state index contributed by atoms with van der Waals surface area (Å²) in [4.78, 5) is 32.2. The van der Waals surface area contributed by atoms with E-state index in [1.165, 1.54) is 30.9 Å². The van der Waals surface area contributed by atoms with Crippen LogP contribution in [0.15, 0.2) is 53.8 Å². The van der Waals surface area contributed by atoms with Crippen LogP contribution in [0.4, 0.5) is 4.39 Å². The molecule has 0 saturated carbocycles. The fourth-order valence-electron chi connectivity index (χ4n) is 2.45. The quantitative estimate of drug-likeness (QED) is 0.174. The molecule has 0 unspecified atom stereocenters. The van der Waals surface area contributed by atoms with Crippen LogP contribution in [0.2, 0.25) is 5.02 Å². The third kappa shape index (κ3) is 5.19. The minimum Gasteiger partial charge on any atom is -0.421 e. The van der Waals surface area contributed by atoms with Gasteiger partial charge in [-0.15, -0.1) is 0 Å². The van der Waals surface area contributed by atoms with Gasteiger partial charge >= 0.3 is 5.97 Å². The van der Waals surface area contributed by atoms with E-state index in [0.29, 0.717) is 28.2 Å². The Bertz CT molecular complexity index is 1090. The minimum absolute atomic E-state index is 0.0447. The zero-order valence-corrected chi connectivity index (χ0v) is 17.2. The highest BCUT2D eigenvalue weighted by molar-refractivity contribution is 7.98. The lowest BCUT2D eigenvalue weighted by molar-refractivity contribution is 0.0726. The summed E-state index contributed by atoms with van der Waals surface area (Å²) in [6.07, 6.45) is 1.31. The summed E-state index contributed by atoms with van der Waals surface area (Å²) in [7, 11) is 0. The number of aryl methyl sites for hydroxylation is 1. The van der Waals surface area contributed by atoms with Crippen LogP contribution in [0.5, 0.6) is 5.75 Å². The van der Waals surface area contributed by atoms with Crippen LogP contribution in [-0.4, -0.2) is 21.7 Å². The van der Waals surface area contributed by atoms with Crippen molar-refractivity contribution in [3.8, 4) is 5.75 Å². The lowest BCUT2D eigenvalue weighted by atomic mass is 10.1. The Morgan fingerprint density at radius 3 is 2.66 bits per heavy atom. The van der Waals surface area contributed by atoms with Gasteiger partial charge in [0.1, 0.15) is 11.6 Å². The van der Waals surface area contributed by atoms with Crippen LogP contribution < -0.4 is 4.74 Å². The number of halogens is 2. The van der Waals surface area contributed by atoms with Crippen molar-refractivity contribution in [1.82, 2.24) is 9.97 Å². The molecule has 0 N–H and O–H groups in total. The number of benzene rings is 2. The maximum absolute atomic E-state index is 13.8. The minimum atomic E-state index is -0.746. The van der Waals surface area contributed by atoms with Crippen molar-refractivity contribution in [3.05, 3.63) is 81.9 Å². The summed E-state index contributed by atoms with van der Waals surface area (Å²) < 4.78 is 19.1. The van der Waals surface area contributed by atoms with Gasteiger partial charge in [0.15, 0.2) is 16.6 Å². The third-order valence-electron chi connectivity index (χ3n) is 4.01. The monoisotopic (exact) mass is 430 g/mol.